The lowest BCUT2D eigenvalue weighted by atomic mass is 10.0. The maximum absolute atomic E-state index is 11.9. The fourth-order valence-electron chi connectivity index (χ4n) is 1.87. The second kappa shape index (κ2) is 5.28. The molecule has 19 heavy (non-hydrogen) atoms. The molecule has 0 atom stereocenters. The summed E-state index contributed by atoms with van der Waals surface area (Å²) in [4.78, 5) is 23.6. The molecular formula is C14H12ClNO3. The van der Waals surface area contributed by atoms with Gasteiger partial charge in [0.25, 0.3) is 5.91 Å². The normalized spacial score (nSPS) is 16.8. The maximum atomic E-state index is 11.9. The predicted octanol–water partition coefficient (Wildman–Crippen LogP) is 2.30. The Labute approximate surface area is 115 Å². The SMILES string of the molecule is COC(=O)C1=C(C)NC(=O)/C1=C\c1ccccc1Cl. The average Bonchev–Trinajstić information content (AvgIpc) is 2.66. The van der Waals surface area contributed by atoms with Crippen LogP contribution < -0.4 is 5.32 Å². The van der Waals surface area contributed by atoms with E-state index in [1.54, 1.807) is 37.3 Å². The van der Waals surface area contributed by atoms with Crippen LogP contribution in [0.25, 0.3) is 6.08 Å². The Bertz CT molecular complexity index is 617. The summed E-state index contributed by atoms with van der Waals surface area (Å²) in [6, 6.07) is 7.08. The number of benzene rings is 1. The second-order valence-corrected chi connectivity index (χ2v) is 4.43. The molecule has 0 fully saturated rings. The maximum Gasteiger partial charge on any atom is 0.340 e. The van der Waals surface area contributed by atoms with Gasteiger partial charge in [0.1, 0.15) is 0 Å². The van der Waals surface area contributed by atoms with Crippen molar-refractivity contribution in [1.82, 2.24) is 5.32 Å². The Morgan fingerprint density at radius 3 is 2.68 bits per heavy atom. The van der Waals surface area contributed by atoms with E-state index in [9.17, 15) is 9.59 Å². The molecule has 5 heteroatoms. The van der Waals surface area contributed by atoms with Crippen molar-refractivity contribution in [3.63, 3.8) is 0 Å². The average molecular weight is 278 g/mol. The van der Waals surface area contributed by atoms with Gasteiger partial charge in [0, 0.05) is 10.7 Å². The van der Waals surface area contributed by atoms with Gasteiger partial charge in [0.05, 0.1) is 18.3 Å². The lowest BCUT2D eigenvalue weighted by Crippen LogP contribution is -2.15. The van der Waals surface area contributed by atoms with Crippen molar-refractivity contribution in [2.75, 3.05) is 7.11 Å². The predicted molar refractivity (Wildman–Crippen MR) is 72.3 cm³/mol. The molecule has 0 saturated carbocycles. The summed E-state index contributed by atoms with van der Waals surface area (Å²) in [6.45, 7) is 1.65. The monoisotopic (exact) mass is 277 g/mol. The van der Waals surface area contributed by atoms with Crippen molar-refractivity contribution in [3.05, 3.63) is 51.7 Å². The highest BCUT2D eigenvalue weighted by molar-refractivity contribution is 6.32. The molecule has 1 aromatic carbocycles. The van der Waals surface area contributed by atoms with Crippen LogP contribution in [0.1, 0.15) is 12.5 Å². The molecule has 1 aliphatic rings. The molecule has 4 nitrogen and oxygen atoms in total. The van der Waals surface area contributed by atoms with E-state index in [2.05, 4.69) is 10.1 Å². The number of allylic oxidation sites excluding steroid dienone is 1. The van der Waals surface area contributed by atoms with E-state index in [1.165, 1.54) is 7.11 Å². The quantitative estimate of drug-likeness (QED) is 0.667. The van der Waals surface area contributed by atoms with Gasteiger partial charge in [-0.05, 0) is 24.6 Å². The zero-order valence-corrected chi connectivity index (χ0v) is 11.2. The van der Waals surface area contributed by atoms with E-state index in [0.29, 0.717) is 16.3 Å². The smallest absolute Gasteiger partial charge is 0.340 e. The third kappa shape index (κ3) is 2.53. The molecule has 0 bridgehead atoms. The Morgan fingerprint density at radius 1 is 1.37 bits per heavy atom. The van der Waals surface area contributed by atoms with Gasteiger partial charge >= 0.3 is 5.97 Å². The standard InChI is InChI=1S/C14H12ClNO3/c1-8-12(14(18)19-2)10(13(17)16-8)7-9-5-3-4-6-11(9)15/h3-7H,1-2H3,(H,16,17)/b10-7-. The molecule has 98 valence electrons. The topological polar surface area (TPSA) is 55.4 Å². The van der Waals surface area contributed by atoms with E-state index < -0.39 is 5.97 Å². The van der Waals surface area contributed by atoms with Crippen LogP contribution in [0.3, 0.4) is 0 Å². The van der Waals surface area contributed by atoms with Crippen LogP contribution in [0, 0.1) is 0 Å². The van der Waals surface area contributed by atoms with Crippen molar-refractivity contribution in [3.8, 4) is 0 Å². The van der Waals surface area contributed by atoms with E-state index in [1.807, 2.05) is 0 Å². The molecule has 1 heterocycles. The van der Waals surface area contributed by atoms with Crippen molar-refractivity contribution in [2.45, 2.75) is 6.92 Å². The summed E-state index contributed by atoms with van der Waals surface area (Å²) in [5.41, 5.74) is 1.66. The van der Waals surface area contributed by atoms with E-state index in [-0.39, 0.29) is 17.1 Å². The summed E-state index contributed by atoms with van der Waals surface area (Å²) in [5, 5.41) is 3.11. The highest BCUT2D eigenvalue weighted by Crippen LogP contribution is 2.26. The van der Waals surface area contributed by atoms with Crippen molar-refractivity contribution in [1.29, 1.82) is 0 Å². The van der Waals surface area contributed by atoms with E-state index in [0.717, 1.165) is 0 Å². The first kappa shape index (κ1) is 13.4. The van der Waals surface area contributed by atoms with Gasteiger partial charge in [-0.15, -0.1) is 0 Å². The minimum absolute atomic E-state index is 0.243. The van der Waals surface area contributed by atoms with Crippen LogP contribution >= 0.6 is 11.6 Å². The number of hydrogen-bond acceptors (Lipinski definition) is 3. The first-order valence-electron chi connectivity index (χ1n) is 5.61. The minimum Gasteiger partial charge on any atom is -0.465 e. The number of carbonyl (C=O) groups is 2. The van der Waals surface area contributed by atoms with Gasteiger partial charge in [-0.3, -0.25) is 4.79 Å². The molecule has 1 amide bonds. The molecule has 0 radical (unpaired) electrons. The molecular weight excluding hydrogens is 266 g/mol. The van der Waals surface area contributed by atoms with Gasteiger partial charge in [-0.2, -0.15) is 0 Å². The summed E-state index contributed by atoms with van der Waals surface area (Å²) in [5.74, 6) is -0.882. The molecule has 0 aliphatic carbocycles. The molecule has 0 unspecified atom stereocenters. The Kier molecular flexibility index (Phi) is 3.71. The number of methoxy groups -OCH3 is 1. The third-order valence-electron chi connectivity index (χ3n) is 2.78. The van der Waals surface area contributed by atoms with Crippen LogP contribution in [0.2, 0.25) is 5.02 Å². The van der Waals surface area contributed by atoms with Crippen LogP contribution in [-0.2, 0) is 14.3 Å². The molecule has 1 aromatic rings. The number of rotatable bonds is 2. The van der Waals surface area contributed by atoms with Crippen molar-refractivity contribution >= 4 is 29.6 Å². The van der Waals surface area contributed by atoms with Crippen LogP contribution in [-0.4, -0.2) is 19.0 Å². The molecule has 1 aliphatic heterocycles. The molecule has 0 aromatic heterocycles. The van der Waals surface area contributed by atoms with Crippen molar-refractivity contribution in [2.24, 2.45) is 0 Å². The fraction of sp³-hybridized carbons (Fsp3) is 0.143. The first-order chi connectivity index (χ1) is 9.04. The van der Waals surface area contributed by atoms with E-state index >= 15 is 0 Å². The zero-order valence-electron chi connectivity index (χ0n) is 10.5. The highest BCUT2D eigenvalue weighted by atomic mass is 35.5. The fourth-order valence-corrected chi connectivity index (χ4v) is 2.06. The number of nitrogens with one attached hydrogen (secondary N) is 1. The number of ether oxygens (including phenoxy) is 1. The molecule has 2 rings (SSSR count). The van der Waals surface area contributed by atoms with Gasteiger partial charge in [-0.25, -0.2) is 4.79 Å². The highest BCUT2D eigenvalue weighted by Gasteiger charge is 2.30. The number of hydrogen-bond donors (Lipinski definition) is 1. The summed E-state index contributed by atoms with van der Waals surface area (Å²) in [7, 11) is 1.28. The number of esters is 1. The van der Waals surface area contributed by atoms with Crippen molar-refractivity contribution < 1.29 is 14.3 Å². The lowest BCUT2D eigenvalue weighted by molar-refractivity contribution is -0.136. The van der Waals surface area contributed by atoms with E-state index in [4.69, 9.17) is 11.6 Å². The summed E-state index contributed by atoms with van der Waals surface area (Å²) in [6.07, 6.45) is 1.58. The largest absolute Gasteiger partial charge is 0.465 e. The van der Waals surface area contributed by atoms with Crippen LogP contribution in [0.15, 0.2) is 41.1 Å². The zero-order chi connectivity index (χ0) is 14.0. The Hall–Kier alpha value is -2.07. The van der Waals surface area contributed by atoms with Gasteiger partial charge in [0.2, 0.25) is 0 Å². The van der Waals surface area contributed by atoms with Gasteiger partial charge in [0.15, 0.2) is 0 Å². The minimum atomic E-state index is -0.547. The molecule has 0 saturated heterocycles. The summed E-state index contributed by atoms with van der Waals surface area (Å²) >= 11 is 6.04. The Morgan fingerprint density at radius 2 is 2.05 bits per heavy atom. The number of halogens is 1. The van der Waals surface area contributed by atoms with Crippen LogP contribution in [0.5, 0.6) is 0 Å². The van der Waals surface area contributed by atoms with Gasteiger partial charge in [-0.1, -0.05) is 29.8 Å². The lowest BCUT2D eigenvalue weighted by Gasteiger charge is -2.03. The molecule has 0 spiro atoms. The van der Waals surface area contributed by atoms with Gasteiger partial charge < -0.3 is 10.1 Å². The third-order valence-corrected chi connectivity index (χ3v) is 3.13. The first-order valence-corrected chi connectivity index (χ1v) is 5.99. The van der Waals surface area contributed by atoms with Crippen LogP contribution in [0.4, 0.5) is 0 Å². The Balaban J connectivity index is 2.51. The second-order valence-electron chi connectivity index (χ2n) is 4.03. The number of amides is 1. The number of carbonyl (C=O) groups excluding carboxylic acids is 2. The summed E-state index contributed by atoms with van der Waals surface area (Å²) < 4.78 is 4.69. The molecule has 1 N–H and O–H groups in total.